The lowest BCUT2D eigenvalue weighted by atomic mass is 9.87. The van der Waals surface area contributed by atoms with Crippen LogP contribution >= 0.6 is 0 Å². The lowest BCUT2D eigenvalue weighted by Crippen LogP contribution is -2.51. The van der Waals surface area contributed by atoms with Gasteiger partial charge < -0.3 is 9.72 Å². The van der Waals surface area contributed by atoms with Crippen molar-refractivity contribution in [3.8, 4) is 5.75 Å². The molecule has 0 spiro atoms. The number of likely N-dealkylation sites (tertiary alicyclic amines) is 1. The molecule has 1 fully saturated rings. The third kappa shape index (κ3) is 5.21. The molecule has 2 unspecified atom stereocenters. The summed E-state index contributed by atoms with van der Waals surface area (Å²) in [5.41, 5.74) is 0.787. The summed E-state index contributed by atoms with van der Waals surface area (Å²) in [6, 6.07) is 9.02. The summed E-state index contributed by atoms with van der Waals surface area (Å²) in [6.07, 6.45) is -1.71. The first kappa shape index (κ1) is 26.0. The van der Waals surface area contributed by atoms with Crippen LogP contribution < -0.4 is 4.74 Å². The highest BCUT2D eigenvalue weighted by Gasteiger charge is 2.41. The van der Waals surface area contributed by atoms with Crippen molar-refractivity contribution in [2.45, 2.75) is 51.4 Å². The average Bonchev–Trinajstić information content (AvgIpc) is 3.13. The number of benzene rings is 2. The summed E-state index contributed by atoms with van der Waals surface area (Å²) in [6.45, 7) is 5.97. The predicted octanol–water partition coefficient (Wildman–Crippen LogP) is 6.11. The fraction of sp³-hybridized carbons (Fsp3) is 0.500. The van der Waals surface area contributed by atoms with Gasteiger partial charge in [-0.15, -0.1) is 0 Å². The van der Waals surface area contributed by atoms with Gasteiger partial charge in [-0.25, -0.2) is 22.0 Å². The summed E-state index contributed by atoms with van der Waals surface area (Å²) in [5.74, 6) is -2.15. The molecular weight excluding hydrogens is 489 g/mol. The highest BCUT2D eigenvalue weighted by molar-refractivity contribution is 5.85. The second-order valence-electron chi connectivity index (χ2n) is 10.9. The molecule has 200 valence electrons. The van der Waals surface area contributed by atoms with E-state index < -0.39 is 35.7 Å². The van der Waals surface area contributed by atoms with E-state index in [1.807, 2.05) is 41.0 Å². The van der Waals surface area contributed by atoms with Crippen LogP contribution in [0.3, 0.4) is 0 Å². The number of nitrogens with zero attached hydrogens (tertiary/aromatic N) is 2. The quantitative estimate of drug-likeness (QED) is 0.363. The minimum Gasteiger partial charge on any atom is -0.492 e. The number of alkyl halides is 3. The average molecular weight is 522 g/mol. The van der Waals surface area contributed by atoms with E-state index in [9.17, 15) is 13.2 Å². The van der Waals surface area contributed by atoms with Gasteiger partial charge in [0, 0.05) is 72.4 Å². The largest absolute Gasteiger partial charge is 0.492 e. The molecule has 0 radical (unpaired) electrons. The van der Waals surface area contributed by atoms with Crippen LogP contribution in [0.25, 0.3) is 10.9 Å². The molecule has 3 aromatic rings. The number of halogens is 5. The van der Waals surface area contributed by atoms with Gasteiger partial charge in [0.1, 0.15) is 29.7 Å². The van der Waals surface area contributed by atoms with Crippen molar-refractivity contribution >= 4 is 10.9 Å². The van der Waals surface area contributed by atoms with Crippen LogP contribution in [0.5, 0.6) is 5.75 Å². The van der Waals surface area contributed by atoms with Gasteiger partial charge in [0.25, 0.3) is 0 Å². The van der Waals surface area contributed by atoms with Gasteiger partial charge in [-0.2, -0.15) is 0 Å². The number of H-pyrrole nitrogens is 1. The normalized spacial score (nSPS) is 21.4. The van der Waals surface area contributed by atoms with E-state index in [1.54, 1.807) is 0 Å². The molecule has 0 amide bonds. The predicted molar refractivity (Wildman–Crippen MR) is 133 cm³/mol. The number of rotatable bonds is 8. The second kappa shape index (κ2) is 9.91. The Balaban J connectivity index is 1.44. The van der Waals surface area contributed by atoms with Crippen LogP contribution in [0.15, 0.2) is 36.4 Å². The van der Waals surface area contributed by atoms with Gasteiger partial charge in [0.2, 0.25) is 6.43 Å². The molecular formula is C28H32F5N3O. The monoisotopic (exact) mass is 521 g/mol. The molecule has 2 aliphatic heterocycles. The smallest absolute Gasteiger partial charge is 0.243 e. The van der Waals surface area contributed by atoms with Crippen LogP contribution in [0, 0.1) is 17.6 Å². The first-order valence-corrected chi connectivity index (χ1v) is 12.7. The Morgan fingerprint density at radius 1 is 1.11 bits per heavy atom. The fourth-order valence-corrected chi connectivity index (χ4v) is 5.65. The van der Waals surface area contributed by atoms with Crippen molar-refractivity contribution in [2.24, 2.45) is 5.92 Å². The first-order valence-electron chi connectivity index (χ1n) is 12.7. The Bertz CT molecular complexity index is 1240. The maximum atomic E-state index is 15.6. The fourth-order valence-electron chi connectivity index (χ4n) is 5.65. The zero-order chi connectivity index (χ0) is 26.5. The van der Waals surface area contributed by atoms with Crippen molar-refractivity contribution in [3.05, 3.63) is 64.9 Å². The molecule has 1 aromatic heterocycles. The molecule has 0 aliphatic carbocycles. The third-order valence-corrected chi connectivity index (χ3v) is 7.42. The van der Waals surface area contributed by atoms with Gasteiger partial charge in [-0.3, -0.25) is 9.80 Å². The number of fused-ring (bicyclic) bond motifs is 3. The molecule has 2 aromatic carbocycles. The molecule has 3 heterocycles. The SMILES string of the molecule is CC1Cc2c([nH]c3ccccc23)C(c2c(F)cc(OCCN3CC(C(F)F)C3)cc2F)N1CC(C)(C)F. The number of para-hydroxylation sites is 1. The number of hydrogen-bond donors (Lipinski definition) is 1. The molecule has 9 heteroatoms. The highest BCUT2D eigenvalue weighted by Crippen LogP contribution is 2.43. The number of hydrogen-bond acceptors (Lipinski definition) is 3. The molecule has 2 atom stereocenters. The number of nitrogens with one attached hydrogen (secondary N) is 1. The Hall–Kier alpha value is -2.65. The number of aromatic amines is 1. The maximum Gasteiger partial charge on any atom is 0.243 e. The minimum absolute atomic E-state index is 0.000214. The van der Waals surface area contributed by atoms with Crippen molar-refractivity contribution in [1.82, 2.24) is 14.8 Å². The molecule has 2 aliphatic rings. The van der Waals surface area contributed by atoms with E-state index in [0.29, 0.717) is 18.7 Å². The molecule has 5 rings (SSSR count). The third-order valence-electron chi connectivity index (χ3n) is 7.42. The Morgan fingerprint density at radius 3 is 2.43 bits per heavy atom. The Kier molecular flexibility index (Phi) is 6.96. The van der Waals surface area contributed by atoms with Gasteiger partial charge in [-0.05, 0) is 38.8 Å². The van der Waals surface area contributed by atoms with E-state index >= 15 is 8.78 Å². The van der Waals surface area contributed by atoms with Gasteiger partial charge in [0.15, 0.2) is 0 Å². The van der Waals surface area contributed by atoms with Crippen LogP contribution in [0.1, 0.15) is 43.6 Å². The topological polar surface area (TPSA) is 31.5 Å². The zero-order valence-corrected chi connectivity index (χ0v) is 21.2. The molecule has 37 heavy (non-hydrogen) atoms. The highest BCUT2D eigenvalue weighted by atomic mass is 19.3. The van der Waals surface area contributed by atoms with Gasteiger partial charge in [-0.1, -0.05) is 18.2 Å². The van der Waals surface area contributed by atoms with Crippen LogP contribution in [0.4, 0.5) is 22.0 Å². The number of aromatic nitrogens is 1. The summed E-state index contributed by atoms with van der Waals surface area (Å²) in [7, 11) is 0. The molecule has 4 nitrogen and oxygen atoms in total. The number of ether oxygens (including phenoxy) is 1. The van der Waals surface area contributed by atoms with Crippen LogP contribution in [-0.2, 0) is 6.42 Å². The summed E-state index contributed by atoms with van der Waals surface area (Å²) < 4.78 is 77.0. The van der Waals surface area contributed by atoms with E-state index in [4.69, 9.17) is 4.74 Å². The molecule has 1 N–H and O–H groups in total. The lowest BCUT2D eigenvalue weighted by molar-refractivity contribution is -0.0280. The zero-order valence-electron chi connectivity index (χ0n) is 21.2. The molecule has 1 saturated heterocycles. The van der Waals surface area contributed by atoms with Crippen LogP contribution in [-0.4, -0.2) is 65.7 Å². The van der Waals surface area contributed by atoms with E-state index in [-0.39, 0.29) is 43.6 Å². The lowest BCUT2D eigenvalue weighted by Gasteiger charge is -2.43. The second-order valence-corrected chi connectivity index (χ2v) is 10.9. The van der Waals surface area contributed by atoms with E-state index in [1.165, 1.54) is 13.8 Å². The van der Waals surface area contributed by atoms with Gasteiger partial charge >= 0.3 is 0 Å². The Morgan fingerprint density at radius 2 is 1.78 bits per heavy atom. The minimum atomic E-state index is -2.34. The summed E-state index contributed by atoms with van der Waals surface area (Å²) >= 11 is 0. The van der Waals surface area contributed by atoms with E-state index in [2.05, 4.69) is 4.98 Å². The first-order chi connectivity index (χ1) is 17.5. The standard InChI is InChI=1S/C28H32F5N3O/c1-16-10-20-19-6-4-5-7-23(19)34-25(20)26(36(16)15-28(2,3)33)24-21(29)11-18(12-22(24)30)37-9-8-35-13-17(14-35)27(31)32/h4-7,11-12,16-17,26-27,34H,8-10,13-15H2,1-3H3. The molecule has 0 bridgehead atoms. The summed E-state index contributed by atoms with van der Waals surface area (Å²) in [4.78, 5) is 6.99. The summed E-state index contributed by atoms with van der Waals surface area (Å²) in [5, 5.41) is 0.995. The van der Waals surface area contributed by atoms with Crippen LogP contribution in [0.2, 0.25) is 0 Å². The van der Waals surface area contributed by atoms with Crippen molar-refractivity contribution in [1.29, 1.82) is 0 Å². The van der Waals surface area contributed by atoms with Gasteiger partial charge in [0.05, 0.1) is 6.04 Å². The van der Waals surface area contributed by atoms with Crippen molar-refractivity contribution in [2.75, 3.05) is 32.8 Å². The maximum absolute atomic E-state index is 15.6. The van der Waals surface area contributed by atoms with Crippen molar-refractivity contribution < 1.29 is 26.7 Å². The Labute approximate surface area is 213 Å². The van der Waals surface area contributed by atoms with Crippen molar-refractivity contribution in [3.63, 3.8) is 0 Å². The molecule has 0 saturated carbocycles. The van der Waals surface area contributed by atoms with E-state index in [0.717, 1.165) is 28.6 Å².